The highest BCUT2D eigenvalue weighted by molar-refractivity contribution is 8.06. The molecule has 4 N–H and O–H groups in total. The molecule has 0 bridgehead atoms. The van der Waals surface area contributed by atoms with E-state index < -0.39 is 10.0 Å². The molecule has 8 heteroatoms. The third-order valence-electron chi connectivity index (χ3n) is 3.01. The van der Waals surface area contributed by atoms with Crippen LogP contribution in [0, 0.1) is 0 Å². The van der Waals surface area contributed by atoms with Gasteiger partial charge in [0.1, 0.15) is 0 Å². The van der Waals surface area contributed by atoms with Crippen LogP contribution in [0.3, 0.4) is 0 Å². The lowest BCUT2D eigenvalue weighted by Crippen LogP contribution is -2.24. The van der Waals surface area contributed by atoms with Gasteiger partial charge < -0.3 is 11.1 Å². The maximum Gasteiger partial charge on any atom is 0.240 e. The van der Waals surface area contributed by atoms with E-state index in [2.05, 4.69) is 10.0 Å². The van der Waals surface area contributed by atoms with Crippen molar-refractivity contribution in [1.82, 2.24) is 4.72 Å². The van der Waals surface area contributed by atoms with Crippen LogP contribution in [0.1, 0.15) is 0 Å². The molecule has 0 aromatic heterocycles. The van der Waals surface area contributed by atoms with E-state index in [1.54, 1.807) is 12.1 Å². The minimum atomic E-state index is -3.44. The van der Waals surface area contributed by atoms with Gasteiger partial charge in [-0.05, 0) is 25.2 Å². The van der Waals surface area contributed by atoms with Crippen molar-refractivity contribution in [3.63, 3.8) is 0 Å². The number of rotatable bonds is 5. The van der Waals surface area contributed by atoms with E-state index in [1.807, 2.05) is 23.5 Å². The number of nitrogens with two attached hydrogens (primary N) is 1. The fourth-order valence-electron chi connectivity index (χ4n) is 1.85. The van der Waals surface area contributed by atoms with Crippen LogP contribution in [0.4, 0.5) is 11.4 Å². The summed E-state index contributed by atoms with van der Waals surface area (Å²) in [5.74, 6) is 3.49. The topological polar surface area (TPSA) is 84.2 Å². The van der Waals surface area contributed by atoms with Crippen LogP contribution in [0.2, 0.25) is 0 Å². The predicted molar refractivity (Wildman–Crippen MR) is 89.2 cm³/mol. The molecule has 1 saturated heterocycles. The van der Waals surface area contributed by atoms with Crippen molar-refractivity contribution in [2.45, 2.75) is 10.1 Å². The Morgan fingerprint density at radius 1 is 1.40 bits per heavy atom. The SMILES string of the molecule is CNS(=O)(=O)c1ccc(N)c(NCC2CSCCS2)c1. The van der Waals surface area contributed by atoms with Crippen molar-refractivity contribution in [1.29, 1.82) is 0 Å². The highest BCUT2D eigenvalue weighted by Gasteiger charge is 2.16. The van der Waals surface area contributed by atoms with Gasteiger partial charge in [-0.3, -0.25) is 0 Å². The van der Waals surface area contributed by atoms with Gasteiger partial charge in [-0.25, -0.2) is 13.1 Å². The van der Waals surface area contributed by atoms with Gasteiger partial charge in [-0.2, -0.15) is 23.5 Å². The molecule has 0 radical (unpaired) electrons. The molecular formula is C12H19N3O2S3. The summed E-state index contributed by atoms with van der Waals surface area (Å²) in [6.45, 7) is 0.797. The molecule has 1 aromatic rings. The Balaban J connectivity index is 2.08. The lowest BCUT2D eigenvalue weighted by atomic mass is 10.2. The Morgan fingerprint density at radius 2 is 2.20 bits per heavy atom. The van der Waals surface area contributed by atoms with E-state index in [4.69, 9.17) is 5.73 Å². The van der Waals surface area contributed by atoms with E-state index >= 15 is 0 Å². The van der Waals surface area contributed by atoms with Crippen LogP contribution in [-0.4, -0.2) is 44.5 Å². The second kappa shape index (κ2) is 6.93. The summed E-state index contributed by atoms with van der Waals surface area (Å²) in [4.78, 5) is 0.224. The first-order valence-corrected chi connectivity index (χ1v) is 9.98. The zero-order valence-electron chi connectivity index (χ0n) is 11.3. The van der Waals surface area contributed by atoms with Gasteiger partial charge in [0, 0.05) is 29.1 Å². The van der Waals surface area contributed by atoms with Gasteiger partial charge >= 0.3 is 0 Å². The molecule has 20 heavy (non-hydrogen) atoms. The van der Waals surface area contributed by atoms with Gasteiger partial charge in [0.05, 0.1) is 16.3 Å². The van der Waals surface area contributed by atoms with Gasteiger partial charge in [-0.1, -0.05) is 0 Å². The number of nitrogen functional groups attached to an aromatic ring is 1. The highest BCUT2D eigenvalue weighted by Crippen LogP contribution is 2.26. The van der Waals surface area contributed by atoms with Crippen LogP contribution < -0.4 is 15.8 Å². The summed E-state index contributed by atoms with van der Waals surface area (Å²) in [5, 5.41) is 3.81. The molecule has 1 aliphatic rings. The number of thioether (sulfide) groups is 2. The molecular weight excluding hydrogens is 314 g/mol. The van der Waals surface area contributed by atoms with E-state index in [9.17, 15) is 8.42 Å². The van der Waals surface area contributed by atoms with Gasteiger partial charge in [0.15, 0.2) is 0 Å². The Kier molecular flexibility index (Phi) is 5.48. The molecule has 1 fully saturated rings. The van der Waals surface area contributed by atoms with E-state index in [-0.39, 0.29) is 4.90 Å². The highest BCUT2D eigenvalue weighted by atomic mass is 32.2. The Labute approximate surface area is 128 Å². The molecule has 0 saturated carbocycles. The maximum atomic E-state index is 11.8. The normalized spacial score (nSPS) is 19.8. The average molecular weight is 334 g/mol. The Bertz CT molecular complexity index is 557. The Hall–Kier alpha value is -0.570. The minimum absolute atomic E-state index is 0.224. The molecule has 1 heterocycles. The smallest absolute Gasteiger partial charge is 0.240 e. The van der Waals surface area contributed by atoms with E-state index in [0.29, 0.717) is 16.6 Å². The molecule has 5 nitrogen and oxygen atoms in total. The summed E-state index contributed by atoms with van der Waals surface area (Å²) < 4.78 is 25.9. The molecule has 1 aliphatic heterocycles. The zero-order chi connectivity index (χ0) is 14.6. The monoisotopic (exact) mass is 333 g/mol. The molecule has 0 spiro atoms. The summed E-state index contributed by atoms with van der Waals surface area (Å²) in [7, 11) is -2.04. The lowest BCUT2D eigenvalue weighted by molar-refractivity contribution is 0.588. The van der Waals surface area contributed by atoms with Gasteiger partial charge in [-0.15, -0.1) is 0 Å². The minimum Gasteiger partial charge on any atom is -0.397 e. The largest absolute Gasteiger partial charge is 0.397 e. The third kappa shape index (κ3) is 3.97. The molecule has 0 amide bonds. The first-order valence-electron chi connectivity index (χ1n) is 6.29. The number of hydrogen-bond donors (Lipinski definition) is 3. The second-order valence-corrected chi connectivity index (χ2v) is 8.85. The fraction of sp³-hybridized carbons (Fsp3) is 0.500. The van der Waals surface area contributed by atoms with Crippen molar-refractivity contribution in [3.8, 4) is 0 Å². The number of sulfonamides is 1. The zero-order valence-corrected chi connectivity index (χ0v) is 13.7. The van der Waals surface area contributed by atoms with Crippen molar-refractivity contribution < 1.29 is 8.42 Å². The molecule has 0 aliphatic carbocycles. The quantitative estimate of drug-likeness (QED) is 0.707. The summed E-state index contributed by atoms with van der Waals surface area (Å²) in [6.07, 6.45) is 0. The summed E-state index contributed by atoms with van der Waals surface area (Å²) in [5.41, 5.74) is 7.14. The standard InChI is InChI=1S/C12H19N3O2S3/c1-14-20(16,17)10-2-3-11(13)12(6-10)15-7-9-8-18-4-5-19-9/h2-3,6,9,14-15H,4-5,7-8,13H2,1H3. The molecule has 1 atom stereocenters. The summed E-state index contributed by atoms with van der Waals surface area (Å²) >= 11 is 3.90. The molecule has 1 unspecified atom stereocenters. The molecule has 1 aromatic carbocycles. The number of nitrogens with one attached hydrogen (secondary N) is 2. The van der Waals surface area contributed by atoms with Crippen LogP contribution in [0.15, 0.2) is 23.1 Å². The fourth-order valence-corrected chi connectivity index (χ4v) is 5.22. The van der Waals surface area contributed by atoms with E-state index in [0.717, 1.165) is 12.3 Å². The van der Waals surface area contributed by atoms with Crippen molar-refractivity contribution >= 4 is 44.9 Å². The summed E-state index contributed by atoms with van der Waals surface area (Å²) in [6, 6.07) is 4.72. The van der Waals surface area contributed by atoms with Crippen molar-refractivity contribution in [2.75, 3.05) is 41.9 Å². The lowest BCUT2D eigenvalue weighted by Gasteiger charge is -2.22. The predicted octanol–water partition coefficient (Wildman–Crippen LogP) is 1.44. The molecule has 112 valence electrons. The number of hydrogen-bond acceptors (Lipinski definition) is 6. The van der Waals surface area contributed by atoms with Crippen LogP contribution in [-0.2, 0) is 10.0 Å². The van der Waals surface area contributed by atoms with Crippen LogP contribution in [0.25, 0.3) is 0 Å². The second-order valence-electron chi connectivity index (χ2n) is 4.41. The Morgan fingerprint density at radius 3 is 2.85 bits per heavy atom. The number of benzene rings is 1. The van der Waals surface area contributed by atoms with Crippen LogP contribution in [0.5, 0.6) is 0 Å². The first kappa shape index (κ1) is 15.8. The third-order valence-corrected chi connectivity index (χ3v) is 7.27. The van der Waals surface area contributed by atoms with Crippen LogP contribution >= 0.6 is 23.5 Å². The van der Waals surface area contributed by atoms with Crippen molar-refractivity contribution in [3.05, 3.63) is 18.2 Å². The van der Waals surface area contributed by atoms with Gasteiger partial charge in [0.25, 0.3) is 0 Å². The van der Waals surface area contributed by atoms with Crippen molar-refractivity contribution in [2.24, 2.45) is 0 Å². The van der Waals surface area contributed by atoms with Gasteiger partial charge in [0.2, 0.25) is 10.0 Å². The maximum absolute atomic E-state index is 11.8. The molecule has 2 rings (SSSR count). The van der Waals surface area contributed by atoms with E-state index in [1.165, 1.54) is 24.6 Å². The average Bonchev–Trinajstić information content (AvgIpc) is 2.47. The first-order chi connectivity index (χ1) is 9.53. The number of anilines is 2.